The van der Waals surface area contributed by atoms with Gasteiger partial charge in [-0.2, -0.15) is 5.26 Å². The Bertz CT molecular complexity index is 886. The number of methoxy groups -OCH3 is 1. The van der Waals surface area contributed by atoms with Crippen LogP contribution in [0.3, 0.4) is 0 Å². The minimum absolute atomic E-state index is 0.209. The smallest absolute Gasteiger partial charge is 0.349 e. The standard InChI is InChI=1S/C20H17ClN2O4/c1-26-17-8-6-14(7-9-17)10-16(11-22)20(25)27-13-19(24)23-12-15-4-2-3-5-18(15)21/h2-10H,12-13H2,1H3,(H,23,24)/b16-10+. The summed E-state index contributed by atoms with van der Waals surface area (Å²) in [4.78, 5) is 23.8. The molecule has 0 aliphatic carbocycles. The highest BCUT2D eigenvalue weighted by Gasteiger charge is 2.13. The maximum absolute atomic E-state index is 12.0. The molecule has 138 valence electrons. The highest BCUT2D eigenvalue weighted by molar-refractivity contribution is 6.31. The molecular formula is C20H17ClN2O4. The lowest BCUT2D eigenvalue weighted by Crippen LogP contribution is -2.28. The number of benzene rings is 2. The molecule has 0 radical (unpaired) electrons. The Morgan fingerprint density at radius 2 is 1.89 bits per heavy atom. The molecule has 6 nitrogen and oxygen atoms in total. The average molecular weight is 385 g/mol. The third-order valence-electron chi connectivity index (χ3n) is 3.54. The van der Waals surface area contributed by atoms with Gasteiger partial charge >= 0.3 is 5.97 Å². The van der Waals surface area contributed by atoms with Crippen molar-refractivity contribution in [1.82, 2.24) is 5.32 Å². The van der Waals surface area contributed by atoms with E-state index >= 15 is 0 Å². The van der Waals surface area contributed by atoms with Crippen molar-refractivity contribution in [2.45, 2.75) is 6.54 Å². The highest BCUT2D eigenvalue weighted by Crippen LogP contribution is 2.15. The molecular weight excluding hydrogens is 368 g/mol. The van der Waals surface area contributed by atoms with Crippen LogP contribution >= 0.6 is 11.6 Å². The number of amides is 1. The van der Waals surface area contributed by atoms with Gasteiger partial charge < -0.3 is 14.8 Å². The zero-order valence-electron chi connectivity index (χ0n) is 14.6. The van der Waals surface area contributed by atoms with E-state index in [4.69, 9.17) is 26.3 Å². The summed E-state index contributed by atoms with van der Waals surface area (Å²) in [5, 5.41) is 12.3. The van der Waals surface area contributed by atoms with Crippen LogP contribution in [0.2, 0.25) is 5.02 Å². The zero-order valence-corrected chi connectivity index (χ0v) is 15.3. The van der Waals surface area contributed by atoms with Gasteiger partial charge in [-0.05, 0) is 35.4 Å². The maximum Gasteiger partial charge on any atom is 0.349 e. The Kier molecular flexibility index (Phi) is 7.41. The van der Waals surface area contributed by atoms with Crippen molar-refractivity contribution >= 4 is 29.6 Å². The number of nitrogens with one attached hydrogen (secondary N) is 1. The number of carbonyl (C=O) groups excluding carboxylic acids is 2. The number of nitriles is 1. The van der Waals surface area contributed by atoms with Gasteiger partial charge in [0, 0.05) is 11.6 Å². The normalized spacial score (nSPS) is 10.6. The van der Waals surface area contributed by atoms with Gasteiger partial charge in [0.1, 0.15) is 17.4 Å². The predicted molar refractivity (Wildman–Crippen MR) is 101 cm³/mol. The van der Waals surface area contributed by atoms with Crippen LogP contribution in [0.25, 0.3) is 6.08 Å². The fourth-order valence-corrected chi connectivity index (χ4v) is 2.30. The van der Waals surface area contributed by atoms with Gasteiger partial charge in [0.25, 0.3) is 5.91 Å². The second kappa shape index (κ2) is 10.00. The Labute approximate surface area is 162 Å². The van der Waals surface area contributed by atoms with E-state index in [0.717, 1.165) is 5.56 Å². The summed E-state index contributed by atoms with van der Waals surface area (Å²) in [6.07, 6.45) is 1.38. The van der Waals surface area contributed by atoms with E-state index < -0.39 is 18.5 Å². The first-order valence-corrected chi connectivity index (χ1v) is 8.34. The van der Waals surface area contributed by atoms with Crippen molar-refractivity contribution in [3.8, 4) is 11.8 Å². The van der Waals surface area contributed by atoms with Crippen molar-refractivity contribution in [3.63, 3.8) is 0 Å². The molecule has 1 amide bonds. The molecule has 0 aliphatic heterocycles. The SMILES string of the molecule is COc1ccc(/C=C(\C#N)C(=O)OCC(=O)NCc2ccccc2Cl)cc1. The van der Waals surface area contributed by atoms with Crippen LogP contribution in [0.4, 0.5) is 0 Å². The van der Waals surface area contributed by atoms with E-state index in [0.29, 0.717) is 16.3 Å². The minimum Gasteiger partial charge on any atom is -0.497 e. The van der Waals surface area contributed by atoms with Gasteiger partial charge in [-0.3, -0.25) is 4.79 Å². The Hall–Kier alpha value is -3.30. The topological polar surface area (TPSA) is 88.4 Å². The van der Waals surface area contributed by atoms with E-state index in [1.807, 2.05) is 0 Å². The van der Waals surface area contributed by atoms with Gasteiger partial charge in [0.2, 0.25) is 0 Å². The molecule has 0 spiro atoms. The first-order chi connectivity index (χ1) is 13.0. The molecule has 0 saturated carbocycles. The summed E-state index contributed by atoms with van der Waals surface area (Å²) in [6.45, 7) is -0.284. The number of hydrogen-bond donors (Lipinski definition) is 1. The quantitative estimate of drug-likeness (QED) is 0.450. The van der Waals surface area contributed by atoms with Gasteiger partial charge in [0.05, 0.1) is 7.11 Å². The molecule has 0 bridgehead atoms. The number of rotatable bonds is 7. The lowest BCUT2D eigenvalue weighted by atomic mass is 10.1. The van der Waals surface area contributed by atoms with Gasteiger partial charge in [-0.1, -0.05) is 41.9 Å². The second-order valence-electron chi connectivity index (χ2n) is 5.39. The molecule has 0 aliphatic rings. The second-order valence-corrected chi connectivity index (χ2v) is 5.79. The highest BCUT2D eigenvalue weighted by atomic mass is 35.5. The minimum atomic E-state index is -0.874. The molecule has 1 N–H and O–H groups in total. The molecule has 0 aromatic heterocycles. The Morgan fingerprint density at radius 3 is 2.52 bits per heavy atom. The van der Waals surface area contributed by atoms with Crippen LogP contribution < -0.4 is 10.1 Å². The fourth-order valence-electron chi connectivity index (χ4n) is 2.10. The predicted octanol–water partition coefficient (Wildman–Crippen LogP) is 3.12. The third kappa shape index (κ3) is 6.17. The van der Waals surface area contributed by atoms with Crippen molar-refractivity contribution in [2.24, 2.45) is 0 Å². The van der Waals surface area contributed by atoms with Crippen LogP contribution in [0.15, 0.2) is 54.1 Å². The van der Waals surface area contributed by atoms with E-state index in [2.05, 4.69) is 5.32 Å². The molecule has 2 rings (SSSR count). The molecule has 7 heteroatoms. The number of hydrogen-bond acceptors (Lipinski definition) is 5. The van der Waals surface area contributed by atoms with E-state index in [1.54, 1.807) is 61.7 Å². The lowest BCUT2D eigenvalue weighted by Gasteiger charge is -2.07. The van der Waals surface area contributed by atoms with Crippen molar-refractivity contribution in [2.75, 3.05) is 13.7 Å². The van der Waals surface area contributed by atoms with E-state index in [-0.39, 0.29) is 12.1 Å². The summed E-state index contributed by atoms with van der Waals surface area (Å²) in [5.41, 5.74) is 1.17. The first kappa shape index (κ1) is 20.0. The van der Waals surface area contributed by atoms with Crippen molar-refractivity contribution in [3.05, 3.63) is 70.3 Å². The first-order valence-electron chi connectivity index (χ1n) is 7.96. The van der Waals surface area contributed by atoms with Crippen LogP contribution in [0.1, 0.15) is 11.1 Å². The largest absolute Gasteiger partial charge is 0.497 e. The number of halogens is 1. The molecule has 0 heterocycles. The van der Waals surface area contributed by atoms with E-state index in [1.165, 1.54) is 6.08 Å². The molecule has 0 atom stereocenters. The zero-order chi connectivity index (χ0) is 19.6. The summed E-state index contributed by atoms with van der Waals surface area (Å²) in [6, 6.07) is 15.6. The molecule has 2 aromatic carbocycles. The van der Waals surface area contributed by atoms with Gasteiger partial charge in [0.15, 0.2) is 6.61 Å². The van der Waals surface area contributed by atoms with Crippen LogP contribution in [-0.4, -0.2) is 25.6 Å². The van der Waals surface area contributed by atoms with Gasteiger partial charge in [-0.25, -0.2) is 4.79 Å². The number of ether oxygens (including phenoxy) is 2. The number of nitrogens with zero attached hydrogens (tertiary/aromatic N) is 1. The monoisotopic (exact) mass is 384 g/mol. The third-order valence-corrected chi connectivity index (χ3v) is 3.90. The number of esters is 1. The maximum atomic E-state index is 12.0. The molecule has 27 heavy (non-hydrogen) atoms. The molecule has 0 fully saturated rings. The lowest BCUT2D eigenvalue weighted by molar-refractivity contribution is -0.144. The van der Waals surface area contributed by atoms with Crippen LogP contribution in [0, 0.1) is 11.3 Å². The van der Waals surface area contributed by atoms with E-state index in [9.17, 15) is 9.59 Å². The van der Waals surface area contributed by atoms with Crippen molar-refractivity contribution < 1.29 is 19.1 Å². The average Bonchev–Trinajstić information content (AvgIpc) is 2.70. The summed E-state index contributed by atoms with van der Waals surface area (Å²) in [5.74, 6) is -0.713. The Morgan fingerprint density at radius 1 is 1.19 bits per heavy atom. The molecule has 2 aromatic rings. The fraction of sp³-hybridized carbons (Fsp3) is 0.150. The van der Waals surface area contributed by atoms with Crippen molar-refractivity contribution in [1.29, 1.82) is 5.26 Å². The Balaban J connectivity index is 1.88. The van der Waals surface area contributed by atoms with Gasteiger partial charge in [-0.15, -0.1) is 0 Å². The molecule has 0 unspecified atom stereocenters. The summed E-state index contributed by atoms with van der Waals surface area (Å²) in [7, 11) is 1.54. The van der Waals surface area contributed by atoms with Crippen LogP contribution in [0.5, 0.6) is 5.75 Å². The molecule has 0 saturated heterocycles. The summed E-state index contributed by atoms with van der Waals surface area (Å²) < 4.78 is 9.94. The van der Waals surface area contributed by atoms with Crippen LogP contribution in [-0.2, 0) is 20.9 Å². The number of carbonyl (C=O) groups is 2. The summed E-state index contributed by atoms with van der Waals surface area (Å²) >= 11 is 6.00.